The number of amides is 1. The molecule has 1 amide bonds. The topological polar surface area (TPSA) is 74.0 Å². The third-order valence-electron chi connectivity index (χ3n) is 4.31. The van der Waals surface area contributed by atoms with Crippen LogP contribution in [0.25, 0.3) is 0 Å². The summed E-state index contributed by atoms with van der Waals surface area (Å²) >= 11 is 9.43. The highest BCUT2D eigenvalue weighted by Crippen LogP contribution is 2.24. The minimum absolute atomic E-state index is 0.116. The van der Waals surface area contributed by atoms with E-state index in [0.29, 0.717) is 20.8 Å². The Labute approximate surface area is 190 Å². The van der Waals surface area contributed by atoms with Crippen LogP contribution in [0, 0.1) is 5.82 Å². The van der Waals surface area contributed by atoms with Crippen molar-refractivity contribution in [2.75, 3.05) is 5.32 Å². The average molecular weight is 505 g/mol. The molecule has 0 aliphatic carbocycles. The predicted molar refractivity (Wildman–Crippen MR) is 118 cm³/mol. The van der Waals surface area contributed by atoms with Crippen LogP contribution in [0.1, 0.15) is 16.1 Å². The summed E-state index contributed by atoms with van der Waals surface area (Å²) in [5.74, 6) is 0.127. The Hall–Kier alpha value is -3.17. The first-order valence-corrected chi connectivity index (χ1v) is 10.3. The van der Waals surface area contributed by atoms with E-state index >= 15 is 0 Å². The fourth-order valence-corrected chi connectivity index (χ4v) is 3.43. The summed E-state index contributed by atoms with van der Waals surface area (Å²) in [7, 11) is 0. The number of rotatable bonds is 7. The number of hydrogen-bond donors (Lipinski definition) is 1. The summed E-state index contributed by atoms with van der Waals surface area (Å²) in [5, 5.41) is 11.5. The molecule has 4 rings (SSSR count). The summed E-state index contributed by atoms with van der Waals surface area (Å²) in [6.45, 7) is 0.282. The highest BCUT2D eigenvalue weighted by molar-refractivity contribution is 9.10. The van der Waals surface area contributed by atoms with Crippen LogP contribution in [0.2, 0.25) is 5.02 Å². The van der Waals surface area contributed by atoms with Crippen molar-refractivity contribution in [1.82, 2.24) is 19.6 Å². The van der Waals surface area contributed by atoms with Crippen LogP contribution < -0.4 is 10.1 Å². The number of aromatic nitrogens is 4. The molecule has 31 heavy (non-hydrogen) atoms. The van der Waals surface area contributed by atoms with Crippen LogP contribution in [0.15, 0.2) is 71.5 Å². The van der Waals surface area contributed by atoms with E-state index in [2.05, 4.69) is 31.4 Å². The average Bonchev–Trinajstić information content (AvgIpc) is 3.37. The Kier molecular flexibility index (Phi) is 6.34. The second kappa shape index (κ2) is 9.32. The molecule has 0 aliphatic heterocycles. The molecular formula is C21H16BrClFN5O2. The van der Waals surface area contributed by atoms with Gasteiger partial charge in [0, 0.05) is 23.0 Å². The summed E-state index contributed by atoms with van der Waals surface area (Å²) < 4.78 is 23.2. The molecule has 2 aromatic heterocycles. The molecule has 1 N–H and O–H groups in total. The number of para-hydroxylation sites is 1. The molecule has 0 unspecified atom stereocenters. The summed E-state index contributed by atoms with van der Waals surface area (Å²) in [5.41, 5.74) is 0.518. The van der Waals surface area contributed by atoms with Crippen LogP contribution in [0.3, 0.4) is 0 Å². The van der Waals surface area contributed by atoms with Gasteiger partial charge in [0.05, 0.1) is 11.0 Å². The molecule has 158 valence electrons. The van der Waals surface area contributed by atoms with E-state index in [-0.39, 0.29) is 24.8 Å². The van der Waals surface area contributed by atoms with Crippen molar-refractivity contribution in [2.24, 2.45) is 0 Å². The highest BCUT2D eigenvalue weighted by Gasteiger charge is 2.16. The van der Waals surface area contributed by atoms with Crippen molar-refractivity contribution in [3.8, 4) is 5.75 Å². The van der Waals surface area contributed by atoms with Gasteiger partial charge in [0.2, 0.25) is 0 Å². The van der Waals surface area contributed by atoms with Gasteiger partial charge in [0.15, 0.2) is 18.2 Å². The van der Waals surface area contributed by atoms with Gasteiger partial charge in [-0.15, -0.1) is 0 Å². The molecule has 2 heterocycles. The molecule has 4 aromatic rings. The third kappa shape index (κ3) is 5.12. The van der Waals surface area contributed by atoms with Crippen molar-refractivity contribution in [3.05, 3.63) is 93.6 Å². The van der Waals surface area contributed by atoms with Gasteiger partial charge in [0.1, 0.15) is 11.6 Å². The molecule has 10 heteroatoms. The minimum atomic E-state index is -0.437. The number of benzene rings is 2. The molecule has 0 saturated heterocycles. The lowest BCUT2D eigenvalue weighted by Crippen LogP contribution is -2.15. The lowest BCUT2D eigenvalue weighted by Gasteiger charge is -2.06. The van der Waals surface area contributed by atoms with Crippen molar-refractivity contribution in [1.29, 1.82) is 0 Å². The van der Waals surface area contributed by atoms with Crippen molar-refractivity contribution < 1.29 is 13.9 Å². The largest absolute Gasteiger partial charge is 0.471 e. The Morgan fingerprint density at radius 2 is 1.90 bits per heavy atom. The van der Waals surface area contributed by atoms with E-state index in [1.165, 1.54) is 21.5 Å². The first-order valence-electron chi connectivity index (χ1n) is 9.18. The zero-order valence-corrected chi connectivity index (χ0v) is 18.3. The number of anilines is 1. The molecule has 7 nitrogen and oxygen atoms in total. The number of nitrogens with zero attached hydrogens (tertiary/aromatic N) is 4. The lowest BCUT2D eigenvalue weighted by atomic mass is 10.2. The van der Waals surface area contributed by atoms with Crippen LogP contribution in [-0.2, 0) is 13.3 Å². The van der Waals surface area contributed by atoms with E-state index in [1.807, 2.05) is 30.3 Å². The van der Waals surface area contributed by atoms with Crippen molar-refractivity contribution >= 4 is 39.3 Å². The van der Waals surface area contributed by atoms with Crippen molar-refractivity contribution in [2.45, 2.75) is 13.3 Å². The maximum absolute atomic E-state index is 14.0. The molecule has 0 atom stereocenters. The van der Waals surface area contributed by atoms with Gasteiger partial charge in [0.25, 0.3) is 5.91 Å². The summed E-state index contributed by atoms with van der Waals surface area (Å²) in [6.07, 6.45) is 3.27. The Balaban J connectivity index is 1.40. The number of nitrogens with one attached hydrogen (secondary N) is 1. The molecular weight excluding hydrogens is 489 g/mol. The fourth-order valence-electron chi connectivity index (χ4n) is 2.79. The van der Waals surface area contributed by atoms with Gasteiger partial charge in [-0.3, -0.25) is 9.48 Å². The molecule has 0 fully saturated rings. The number of halogens is 3. The molecule has 0 aliphatic rings. The molecule has 0 bridgehead atoms. The van der Waals surface area contributed by atoms with E-state index in [0.717, 1.165) is 0 Å². The Morgan fingerprint density at radius 1 is 1.10 bits per heavy atom. The SMILES string of the molecule is O=C(Nc1nn(Cc2c(F)cccc2Cl)cc1Br)c1ccn(COc2ccccc2)n1. The highest BCUT2D eigenvalue weighted by atomic mass is 79.9. The fraction of sp³-hybridized carbons (Fsp3) is 0.0952. The number of ether oxygens (including phenoxy) is 1. The second-order valence-corrected chi connectivity index (χ2v) is 7.77. The van der Waals surface area contributed by atoms with E-state index < -0.39 is 11.7 Å². The number of hydrogen-bond acceptors (Lipinski definition) is 4. The van der Waals surface area contributed by atoms with Gasteiger partial charge >= 0.3 is 0 Å². The van der Waals surface area contributed by atoms with Gasteiger partial charge < -0.3 is 10.1 Å². The maximum atomic E-state index is 14.0. The zero-order valence-electron chi connectivity index (χ0n) is 16.0. The Bertz CT molecular complexity index is 1190. The van der Waals surface area contributed by atoms with Gasteiger partial charge in [-0.1, -0.05) is 35.9 Å². The Morgan fingerprint density at radius 3 is 2.68 bits per heavy atom. The zero-order chi connectivity index (χ0) is 21.8. The maximum Gasteiger partial charge on any atom is 0.277 e. The quantitative estimate of drug-likeness (QED) is 0.386. The molecule has 2 aromatic carbocycles. The third-order valence-corrected chi connectivity index (χ3v) is 5.25. The molecule has 0 saturated carbocycles. The van der Waals surface area contributed by atoms with E-state index in [9.17, 15) is 9.18 Å². The van der Waals surface area contributed by atoms with Gasteiger partial charge in [-0.25, -0.2) is 9.07 Å². The smallest absolute Gasteiger partial charge is 0.277 e. The summed E-state index contributed by atoms with van der Waals surface area (Å²) in [6, 6.07) is 15.4. The standard InChI is InChI=1S/C21H16BrClFN5O2/c22-16-12-29(11-15-17(23)7-4-8-18(15)24)27-20(16)25-21(30)19-9-10-28(26-19)13-31-14-5-2-1-3-6-14/h1-10,12H,11,13H2,(H,25,27,30). The summed E-state index contributed by atoms with van der Waals surface area (Å²) in [4.78, 5) is 12.6. The normalized spacial score (nSPS) is 10.8. The number of carbonyl (C=O) groups is 1. The monoisotopic (exact) mass is 503 g/mol. The van der Waals surface area contributed by atoms with E-state index in [4.69, 9.17) is 16.3 Å². The minimum Gasteiger partial charge on any atom is -0.471 e. The van der Waals surface area contributed by atoms with Crippen LogP contribution in [0.5, 0.6) is 5.75 Å². The van der Waals surface area contributed by atoms with Gasteiger partial charge in [-0.2, -0.15) is 10.2 Å². The predicted octanol–water partition coefficient (Wildman–Crippen LogP) is 4.97. The van der Waals surface area contributed by atoms with Crippen molar-refractivity contribution in [3.63, 3.8) is 0 Å². The van der Waals surface area contributed by atoms with E-state index in [1.54, 1.807) is 24.5 Å². The first kappa shape index (κ1) is 21.1. The molecule has 0 spiro atoms. The first-order chi connectivity index (χ1) is 15.0. The second-order valence-electron chi connectivity index (χ2n) is 6.50. The van der Waals surface area contributed by atoms with Crippen LogP contribution >= 0.6 is 27.5 Å². The molecule has 0 radical (unpaired) electrons. The van der Waals surface area contributed by atoms with Crippen LogP contribution in [-0.4, -0.2) is 25.5 Å². The van der Waals surface area contributed by atoms with Gasteiger partial charge in [-0.05, 0) is 46.3 Å². The van der Waals surface area contributed by atoms with Crippen LogP contribution in [0.4, 0.5) is 10.2 Å². The number of carbonyl (C=O) groups excluding carboxylic acids is 1. The lowest BCUT2D eigenvalue weighted by molar-refractivity contribution is 0.101.